The smallest absolute Gasteiger partial charge is 0.247 e. The average Bonchev–Trinajstić information content (AvgIpc) is 3.12. The lowest BCUT2D eigenvalue weighted by Crippen LogP contribution is -2.39. The van der Waals surface area contributed by atoms with E-state index in [0.717, 1.165) is 16.7 Å². The molecule has 146 valence electrons. The van der Waals surface area contributed by atoms with Gasteiger partial charge in [0.15, 0.2) is 0 Å². The number of amides is 2. The van der Waals surface area contributed by atoms with E-state index < -0.39 is 10.0 Å². The number of hydrogen-bond acceptors (Lipinski definition) is 5. The number of para-hydroxylation sites is 1. The van der Waals surface area contributed by atoms with Gasteiger partial charge in [0, 0.05) is 19.5 Å². The van der Waals surface area contributed by atoms with Gasteiger partial charge in [0.1, 0.15) is 10.6 Å². The zero-order valence-electron chi connectivity index (χ0n) is 15.3. The lowest BCUT2D eigenvalue weighted by molar-refractivity contribution is -0.134. The van der Waals surface area contributed by atoms with Gasteiger partial charge in [-0.2, -0.15) is 4.31 Å². The summed E-state index contributed by atoms with van der Waals surface area (Å²) >= 11 is 0. The molecule has 1 saturated heterocycles. The van der Waals surface area contributed by atoms with Crippen LogP contribution in [0.3, 0.4) is 0 Å². The fraction of sp³-hybridized carbons (Fsp3) is 0.300. The van der Waals surface area contributed by atoms with E-state index in [2.05, 4.69) is 5.32 Å². The molecule has 0 aliphatic carbocycles. The minimum atomic E-state index is -3.72. The Labute approximate surface area is 163 Å². The van der Waals surface area contributed by atoms with Crippen LogP contribution in [0.1, 0.15) is 35.4 Å². The summed E-state index contributed by atoms with van der Waals surface area (Å²) in [6.45, 7) is 0.502. The van der Waals surface area contributed by atoms with Gasteiger partial charge in [0.2, 0.25) is 21.8 Å². The molecule has 2 aromatic carbocycles. The van der Waals surface area contributed by atoms with E-state index >= 15 is 0 Å². The van der Waals surface area contributed by atoms with Crippen LogP contribution >= 0.6 is 0 Å². The van der Waals surface area contributed by atoms with Crippen LogP contribution in [0.4, 0.5) is 0 Å². The predicted molar refractivity (Wildman–Crippen MR) is 101 cm³/mol. The Hall–Kier alpha value is -2.71. The van der Waals surface area contributed by atoms with Crippen molar-refractivity contribution >= 4 is 21.8 Å². The number of nitrogens with zero attached hydrogens (tertiary/aromatic N) is 1. The van der Waals surface area contributed by atoms with E-state index in [-0.39, 0.29) is 35.7 Å². The number of fused-ring (bicyclic) bond motifs is 1. The maximum Gasteiger partial charge on any atom is 0.247 e. The molecule has 1 unspecified atom stereocenters. The monoisotopic (exact) mass is 400 g/mol. The SMILES string of the molecule is COc1ccccc1S(=O)(=O)N1Cc2ccc(C3CCC(=O)NC3=O)cc2C1. The second-order valence-corrected chi connectivity index (χ2v) is 8.86. The molecule has 0 spiro atoms. The molecule has 0 bridgehead atoms. The number of carbonyl (C=O) groups excluding carboxylic acids is 2. The molecule has 2 heterocycles. The van der Waals surface area contributed by atoms with Gasteiger partial charge in [-0.25, -0.2) is 8.42 Å². The van der Waals surface area contributed by atoms with Crippen LogP contribution in [0.15, 0.2) is 47.4 Å². The van der Waals surface area contributed by atoms with Gasteiger partial charge in [-0.05, 0) is 35.2 Å². The van der Waals surface area contributed by atoms with Crippen LogP contribution in [0.25, 0.3) is 0 Å². The standard InChI is InChI=1S/C20H20N2O5S/c1-27-17-4-2-3-5-18(17)28(25,26)22-11-14-7-6-13(10-15(14)12-22)16-8-9-19(23)21-20(16)24/h2-7,10,16H,8-9,11-12H2,1H3,(H,21,23,24). The van der Waals surface area contributed by atoms with Gasteiger partial charge >= 0.3 is 0 Å². The van der Waals surface area contributed by atoms with Crippen molar-refractivity contribution in [2.75, 3.05) is 7.11 Å². The first-order chi connectivity index (χ1) is 13.4. The molecule has 7 nitrogen and oxygen atoms in total. The first kappa shape index (κ1) is 18.6. The molecule has 2 aromatic rings. The topological polar surface area (TPSA) is 92.8 Å². The third-order valence-corrected chi connectivity index (χ3v) is 7.08. The lowest BCUT2D eigenvalue weighted by atomic mass is 9.89. The number of nitrogens with one attached hydrogen (secondary N) is 1. The van der Waals surface area contributed by atoms with E-state index in [4.69, 9.17) is 4.74 Å². The molecule has 8 heteroatoms. The van der Waals surface area contributed by atoms with Crippen molar-refractivity contribution in [2.24, 2.45) is 0 Å². The number of hydrogen-bond donors (Lipinski definition) is 1. The van der Waals surface area contributed by atoms with E-state index in [1.807, 2.05) is 18.2 Å². The molecule has 2 aliphatic heterocycles. The number of piperidine rings is 1. The summed E-state index contributed by atoms with van der Waals surface area (Å²) in [6.07, 6.45) is 0.772. The van der Waals surface area contributed by atoms with E-state index in [0.29, 0.717) is 18.6 Å². The third kappa shape index (κ3) is 3.18. The molecule has 0 radical (unpaired) electrons. The van der Waals surface area contributed by atoms with Gasteiger partial charge in [0.05, 0.1) is 13.0 Å². The average molecular weight is 400 g/mol. The van der Waals surface area contributed by atoms with Crippen LogP contribution < -0.4 is 10.1 Å². The minimum absolute atomic E-state index is 0.135. The van der Waals surface area contributed by atoms with Crippen LogP contribution in [-0.4, -0.2) is 31.6 Å². The quantitative estimate of drug-likeness (QED) is 0.792. The van der Waals surface area contributed by atoms with Crippen LogP contribution in [0, 0.1) is 0 Å². The van der Waals surface area contributed by atoms with Gasteiger partial charge in [-0.15, -0.1) is 0 Å². The fourth-order valence-corrected chi connectivity index (χ4v) is 5.30. The van der Waals surface area contributed by atoms with Gasteiger partial charge in [0.25, 0.3) is 0 Å². The zero-order valence-corrected chi connectivity index (χ0v) is 16.2. The van der Waals surface area contributed by atoms with E-state index in [9.17, 15) is 18.0 Å². The van der Waals surface area contributed by atoms with E-state index in [1.165, 1.54) is 17.5 Å². The number of carbonyl (C=O) groups is 2. The van der Waals surface area contributed by atoms with Crippen molar-refractivity contribution in [2.45, 2.75) is 36.7 Å². The molecule has 0 saturated carbocycles. The Morgan fingerprint density at radius 3 is 2.57 bits per heavy atom. The molecule has 2 aliphatic rings. The van der Waals surface area contributed by atoms with Crippen molar-refractivity contribution in [3.8, 4) is 5.75 Å². The van der Waals surface area contributed by atoms with Crippen LogP contribution in [0.2, 0.25) is 0 Å². The molecule has 1 N–H and O–H groups in total. The van der Waals surface area contributed by atoms with Crippen LogP contribution in [0.5, 0.6) is 5.75 Å². The van der Waals surface area contributed by atoms with Crippen molar-refractivity contribution in [3.63, 3.8) is 0 Å². The van der Waals surface area contributed by atoms with Gasteiger partial charge in [-0.3, -0.25) is 14.9 Å². The number of sulfonamides is 1. The van der Waals surface area contributed by atoms with E-state index in [1.54, 1.807) is 18.2 Å². The molecular weight excluding hydrogens is 380 g/mol. The van der Waals surface area contributed by atoms with Crippen molar-refractivity contribution in [1.82, 2.24) is 9.62 Å². The summed E-state index contributed by atoms with van der Waals surface area (Å²) in [5.74, 6) is -0.630. The highest BCUT2D eigenvalue weighted by Gasteiger charge is 2.34. The lowest BCUT2D eigenvalue weighted by Gasteiger charge is -2.21. The largest absolute Gasteiger partial charge is 0.495 e. The summed E-state index contributed by atoms with van der Waals surface area (Å²) in [5, 5.41) is 2.36. The Morgan fingerprint density at radius 2 is 1.82 bits per heavy atom. The maximum atomic E-state index is 13.1. The molecule has 4 rings (SSSR count). The first-order valence-electron chi connectivity index (χ1n) is 8.98. The molecular formula is C20H20N2O5S. The Balaban J connectivity index is 1.60. The molecule has 2 amide bonds. The summed E-state index contributed by atoms with van der Waals surface area (Å²) < 4.78 is 32.8. The number of ether oxygens (including phenoxy) is 1. The zero-order chi connectivity index (χ0) is 19.9. The molecule has 28 heavy (non-hydrogen) atoms. The normalized spacial score (nSPS) is 20.0. The second-order valence-electron chi connectivity index (χ2n) is 6.96. The minimum Gasteiger partial charge on any atom is -0.495 e. The second kappa shape index (κ2) is 7.03. The van der Waals surface area contributed by atoms with Gasteiger partial charge < -0.3 is 4.74 Å². The fourth-order valence-electron chi connectivity index (χ4n) is 3.75. The summed E-state index contributed by atoms with van der Waals surface area (Å²) in [7, 11) is -2.28. The van der Waals surface area contributed by atoms with Crippen molar-refractivity contribution < 1.29 is 22.7 Å². The number of imide groups is 1. The number of benzene rings is 2. The highest BCUT2D eigenvalue weighted by atomic mass is 32.2. The highest BCUT2D eigenvalue weighted by Crippen LogP contribution is 2.34. The Kier molecular flexibility index (Phi) is 4.68. The molecule has 1 atom stereocenters. The highest BCUT2D eigenvalue weighted by molar-refractivity contribution is 7.89. The summed E-state index contributed by atoms with van der Waals surface area (Å²) in [4.78, 5) is 23.6. The number of rotatable bonds is 4. The first-order valence-corrected chi connectivity index (χ1v) is 10.4. The summed E-state index contributed by atoms with van der Waals surface area (Å²) in [5.41, 5.74) is 2.59. The Morgan fingerprint density at radius 1 is 1.07 bits per heavy atom. The van der Waals surface area contributed by atoms with Crippen LogP contribution in [-0.2, 0) is 32.7 Å². The molecule has 1 fully saturated rings. The van der Waals surface area contributed by atoms with Gasteiger partial charge in [-0.1, -0.05) is 30.3 Å². The third-order valence-electron chi connectivity index (χ3n) is 5.25. The van der Waals surface area contributed by atoms with Crippen molar-refractivity contribution in [3.05, 3.63) is 59.2 Å². The molecule has 0 aromatic heterocycles. The summed E-state index contributed by atoms with van der Waals surface area (Å²) in [6, 6.07) is 12.1. The maximum absolute atomic E-state index is 13.1. The van der Waals surface area contributed by atoms with Crippen molar-refractivity contribution in [1.29, 1.82) is 0 Å². The predicted octanol–water partition coefficient (Wildman–Crippen LogP) is 1.92. The number of methoxy groups -OCH3 is 1. The Bertz CT molecular complexity index is 1060.